The van der Waals surface area contributed by atoms with Gasteiger partial charge in [-0.05, 0) is 47.2 Å². The van der Waals surface area contributed by atoms with Crippen LogP contribution in [0.25, 0.3) is 10.5 Å². The molecule has 1 fully saturated rings. The lowest BCUT2D eigenvalue weighted by Gasteiger charge is -2.41. The number of halogens is 4. The quantitative estimate of drug-likeness (QED) is 0.327. The van der Waals surface area contributed by atoms with E-state index in [4.69, 9.17) is 6.57 Å². The Balaban J connectivity index is 1.60. The third-order valence-electron chi connectivity index (χ3n) is 6.28. The molecule has 10 heteroatoms. The highest BCUT2D eigenvalue weighted by molar-refractivity contribution is 9.10. The lowest BCUT2D eigenvalue weighted by Crippen LogP contribution is -2.44. The fourth-order valence-corrected chi connectivity index (χ4v) is 4.90. The fraction of sp³-hybridized carbons (Fsp3) is 0.435. The number of hydrogen-bond acceptors (Lipinski definition) is 4. The third kappa shape index (κ3) is 5.31. The van der Waals surface area contributed by atoms with E-state index in [-0.39, 0.29) is 16.9 Å². The molecule has 4 rings (SSSR count). The second kappa shape index (κ2) is 9.69. The molecule has 0 saturated heterocycles. The predicted molar refractivity (Wildman–Crippen MR) is 124 cm³/mol. The first-order chi connectivity index (χ1) is 15.8. The van der Waals surface area contributed by atoms with Crippen molar-refractivity contribution >= 4 is 27.4 Å². The molecule has 0 atom stereocenters. The van der Waals surface area contributed by atoms with E-state index in [0.717, 1.165) is 31.7 Å². The Bertz CT molecular complexity index is 1130. The van der Waals surface area contributed by atoms with Crippen LogP contribution in [0.3, 0.4) is 0 Å². The molecule has 0 spiro atoms. The van der Waals surface area contributed by atoms with Crippen LogP contribution in [0.1, 0.15) is 36.9 Å². The number of hydrogen-bond donors (Lipinski definition) is 2. The summed E-state index contributed by atoms with van der Waals surface area (Å²) in [6.07, 6.45) is -0.935. The van der Waals surface area contributed by atoms with E-state index >= 15 is 0 Å². The van der Waals surface area contributed by atoms with Crippen LogP contribution in [0.5, 0.6) is 0 Å². The molecule has 1 saturated carbocycles. The summed E-state index contributed by atoms with van der Waals surface area (Å²) in [6.45, 7) is 8.54. The van der Waals surface area contributed by atoms with Crippen LogP contribution in [0.4, 0.5) is 19.0 Å². The van der Waals surface area contributed by atoms with E-state index in [1.54, 1.807) is 0 Å². The Kier molecular flexibility index (Phi) is 6.91. The Morgan fingerprint density at radius 2 is 1.91 bits per heavy atom. The summed E-state index contributed by atoms with van der Waals surface area (Å²) >= 11 is 3.23. The van der Waals surface area contributed by atoms with Crippen molar-refractivity contribution in [2.75, 3.05) is 25.0 Å². The van der Waals surface area contributed by atoms with E-state index in [2.05, 4.69) is 53.6 Å². The van der Waals surface area contributed by atoms with Crippen molar-refractivity contribution in [1.29, 1.82) is 0 Å². The lowest BCUT2D eigenvalue weighted by molar-refractivity contribution is -0.141. The molecule has 33 heavy (non-hydrogen) atoms. The topological polar surface area (TPSA) is 58.6 Å². The highest BCUT2D eigenvalue weighted by Gasteiger charge is 2.38. The minimum absolute atomic E-state index is 0.126. The van der Waals surface area contributed by atoms with Gasteiger partial charge < -0.3 is 15.5 Å². The number of aromatic nitrogens is 3. The van der Waals surface area contributed by atoms with Crippen molar-refractivity contribution in [2.45, 2.75) is 43.3 Å². The van der Waals surface area contributed by atoms with Gasteiger partial charge in [-0.15, -0.1) is 0 Å². The molecule has 0 amide bonds. The van der Waals surface area contributed by atoms with E-state index in [1.807, 2.05) is 18.2 Å². The van der Waals surface area contributed by atoms with Gasteiger partial charge in [0, 0.05) is 30.1 Å². The van der Waals surface area contributed by atoms with Crippen LogP contribution < -0.4 is 10.6 Å². The van der Waals surface area contributed by atoms with Gasteiger partial charge in [-0.2, -0.15) is 22.8 Å². The molecule has 2 aromatic heterocycles. The maximum atomic E-state index is 13.5. The minimum Gasteiger partial charge on any atom is -0.369 e. The third-order valence-corrected chi connectivity index (χ3v) is 6.67. The Morgan fingerprint density at radius 3 is 2.58 bits per heavy atom. The number of benzene rings is 1. The van der Waals surface area contributed by atoms with Crippen molar-refractivity contribution in [3.8, 4) is 0 Å². The second-order valence-electron chi connectivity index (χ2n) is 8.37. The van der Waals surface area contributed by atoms with Gasteiger partial charge >= 0.3 is 6.18 Å². The minimum atomic E-state index is -4.55. The standard InChI is InChI=1S/C23H24BrF3N6/c1-28-11-12-29-17-7-9-22(10-8-17,16-5-3-2-4-6-16)15-30-20-13-18(23(25,26)27)31-21-14-19(24)32-33(20)21/h2-6,13-14,17,29-30H,7-12,15H2. The van der Waals surface area contributed by atoms with Gasteiger partial charge in [0.1, 0.15) is 10.4 Å². The van der Waals surface area contributed by atoms with Crippen molar-refractivity contribution in [2.24, 2.45) is 0 Å². The lowest BCUT2D eigenvalue weighted by atomic mass is 9.68. The van der Waals surface area contributed by atoms with Crippen molar-refractivity contribution in [3.63, 3.8) is 0 Å². The van der Waals surface area contributed by atoms with Crippen LogP contribution >= 0.6 is 15.9 Å². The van der Waals surface area contributed by atoms with E-state index in [0.29, 0.717) is 30.3 Å². The number of fused-ring (bicyclic) bond motifs is 1. The van der Waals surface area contributed by atoms with Gasteiger partial charge in [0.05, 0.1) is 6.54 Å². The zero-order valence-corrected chi connectivity index (χ0v) is 19.5. The van der Waals surface area contributed by atoms with Gasteiger partial charge in [0.15, 0.2) is 11.3 Å². The summed E-state index contributed by atoms with van der Waals surface area (Å²) in [5.74, 6) is 0.255. The molecule has 0 unspecified atom stereocenters. The molecule has 3 aromatic rings. The summed E-state index contributed by atoms with van der Waals surface area (Å²) in [7, 11) is 0. The number of rotatable bonds is 7. The molecule has 2 heterocycles. The van der Waals surface area contributed by atoms with E-state index in [9.17, 15) is 13.2 Å². The largest absolute Gasteiger partial charge is 0.433 e. The van der Waals surface area contributed by atoms with Crippen molar-refractivity contribution in [3.05, 3.63) is 69.7 Å². The SMILES string of the molecule is [C-]#[N+]CCNC1CCC(CNc2cc(C(F)(F)F)nc3cc(Br)nn23)(c2ccccc2)CC1. The smallest absolute Gasteiger partial charge is 0.369 e. The summed E-state index contributed by atoms with van der Waals surface area (Å²) < 4.78 is 42.2. The maximum absolute atomic E-state index is 13.5. The van der Waals surface area contributed by atoms with Crippen molar-refractivity contribution in [1.82, 2.24) is 19.9 Å². The molecular weight excluding hydrogens is 497 g/mol. The van der Waals surface area contributed by atoms with Crippen LogP contribution in [-0.2, 0) is 11.6 Å². The predicted octanol–water partition coefficient (Wildman–Crippen LogP) is 5.31. The monoisotopic (exact) mass is 520 g/mol. The zero-order chi connectivity index (χ0) is 23.5. The van der Waals surface area contributed by atoms with Crippen molar-refractivity contribution < 1.29 is 13.2 Å². The average Bonchev–Trinajstić information content (AvgIpc) is 3.19. The molecule has 0 aliphatic heterocycles. The van der Waals surface area contributed by atoms with Gasteiger partial charge in [-0.25, -0.2) is 11.6 Å². The van der Waals surface area contributed by atoms with Gasteiger partial charge in [0.2, 0.25) is 6.54 Å². The normalized spacial score (nSPS) is 21.1. The van der Waals surface area contributed by atoms with Crippen LogP contribution in [0, 0.1) is 6.57 Å². The fourth-order valence-electron chi connectivity index (χ4n) is 4.54. The molecule has 1 aliphatic rings. The molecule has 174 valence electrons. The first-order valence-electron chi connectivity index (χ1n) is 10.8. The molecule has 1 aliphatic carbocycles. The highest BCUT2D eigenvalue weighted by atomic mass is 79.9. The first-order valence-corrected chi connectivity index (χ1v) is 11.6. The maximum Gasteiger partial charge on any atom is 0.433 e. The van der Waals surface area contributed by atoms with Crippen LogP contribution in [0.2, 0.25) is 0 Å². The summed E-state index contributed by atoms with van der Waals surface area (Å²) in [5, 5.41) is 11.0. The molecule has 0 bridgehead atoms. The number of anilines is 1. The summed E-state index contributed by atoms with van der Waals surface area (Å²) in [6, 6.07) is 12.9. The van der Waals surface area contributed by atoms with E-state index in [1.165, 1.54) is 16.1 Å². The molecule has 1 aromatic carbocycles. The highest BCUT2D eigenvalue weighted by Crippen LogP contribution is 2.40. The average molecular weight is 521 g/mol. The number of nitrogens with zero attached hydrogens (tertiary/aromatic N) is 4. The Morgan fingerprint density at radius 1 is 1.18 bits per heavy atom. The molecular formula is C23H24BrF3N6. The number of alkyl halides is 3. The van der Waals surface area contributed by atoms with Gasteiger partial charge in [0.25, 0.3) is 0 Å². The summed E-state index contributed by atoms with van der Waals surface area (Å²) in [4.78, 5) is 7.11. The van der Waals surface area contributed by atoms with Crippen LogP contribution in [0.15, 0.2) is 47.1 Å². The molecule has 6 nitrogen and oxygen atoms in total. The second-order valence-corrected chi connectivity index (χ2v) is 9.18. The van der Waals surface area contributed by atoms with E-state index < -0.39 is 11.9 Å². The first kappa shape index (κ1) is 23.5. The van der Waals surface area contributed by atoms with Crippen LogP contribution in [-0.4, -0.2) is 40.3 Å². The zero-order valence-electron chi connectivity index (χ0n) is 17.9. The van der Waals surface area contributed by atoms with Gasteiger partial charge in [-0.1, -0.05) is 30.3 Å². The summed E-state index contributed by atoms with van der Waals surface area (Å²) in [5.41, 5.74) is 0.115. The van der Waals surface area contributed by atoms with Gasteiger partial charge in [-0.3, -0.25) is 0 Å². The molecule has 2 N–H and O–H groups in total. The number of nitrogens with one attached hydrogen (secondary N) is 2. The molecule has 0 radical (unpaired) electrons. The Hall–Kier alpha value is -2.64. The Labute approximate surface area is 198 Å².